The standard InChI is InChI=1S/C18H19BrN2O4/c1-10(2)9-21-13-5-4-12(8-15(13)24-11(3)18(21)23)20-17(22)14-6-7-16(19)25-14/h4-8,10-11H,9H2,1-3H3,(H,20,22). The monoisotopic (exact) mass is 406 g/mol. The van der Waals surface area contributed by atoms with Crippen LogP contribution in [0.1, 0.15) is 31.3 Å². The van der Waals surface area contributed by atoms with Crippen molar-refractivity contribution in [1.82, 2.24) is 0 Å². The molecular weight excluding hydrogens is 388 g/mol. The van der Waals surface area contributed by atoms with Gasteiger partial charge in [-0.2, -0.15) is 0 Å². The number of hydrogen-bond donors (Lipinski definition) is 1. The van der Waals surface area contributed by atoms with E-state index in [1.165, 1.54) is 0 Å². The first-order valence-electron chi connectivity index (χ1n) is 8.04. The fourth-order valence-corrected chi connectivity index (χ4v) is 2.98. The maximum absolute atomic E-state index is 12.4. The lowest BCUT2D eigenvalue weighted by Gasteiger charge is -2.34. The van der Waals surface area contributed by atoms with Crippen molar-refractivity contribution in [2.45, 2.75) is 26.9 Å². The van der Waals surface area contributed by atoms with E-state index in [2.05, 4.69) is 35.1 Å². The molecule has 0 spiro atoms. The van der Waals surface area contributed by atoms with Crippen LogP contribution in [0.5, 0.6) is 5.75 Å². The average molecular weight is 407 g/mol. The van der Waals surface area contributed by atoms with Gasteiger partial charge in [0, 0.05) is 18.3 Å². The third-order valence-electron chi connectivity index (χ3n) is 3.77. The average Bonchev–Trinajstić information content (AvgIpc) is 2.98. The Labute approximate surface area is 154 Å². The van der Waals surface area contributed by atoms with Crippen LogP contribution in [0.4, 0.5) is 11.4 Å². The predicted molar refractivity (Wildman–Crippen MR) is 98.1 cm³/mol. The Kier molecular flexibility index (Phi) is 4.85. The van der Waals surface area contributed by atoms with Gasteiger partial charge in [0.25, 0.3) is 11.8 Å². The molecule has 132 valence electrons. The fraction of sp³-hybridized carbons (Fsp3) is 0.333. The molecule has 2 aromatic rings. The Morgan fingerprint density at radius 3 is 2.72 bits per heavy atom. The SMILES string of the molecule is CC(C)CN1C(=O)C(C)Oc2cc(NC(=O)c3ccc(Br)o3)ccc21. The van der Waals surface area contributed by atoms with Crippen LogP contribution in [0, 0.1) is 5.92 Å². The summed E-state index contributed by atoms with van der Waals surface area (Å²) in [5.41, 5.74) is 1.29. The number of ether oxygens (including phenoxy) is 1. The molecule has 1 aliphatic rings. The van der Waals surface area contributed by atoms with Gasteiger partial charge in [0.15, 0.2) is 16.5 Å². The second-order valence-corrected chi connectivity index (χ2v) is 7.12. The molecule has 1 aromatic carbocycles. The first kappa shape index (κ1) is 17.5. The van der Waals surface area contributed by atoms with E-state index < -0.39 is 6.10 Å². The Balaban J connectivity index is 1.85. The highest BCUT2D eigenvalue weighted by Gasteiger charge is 2.32. The third kappa shape index (κ3) is 3.71. The van der Waals surface area contributed by atoms with Gasteiger partial charge in [-0.3, -0.25) is 9.59 Å². The maximum atomic E-state index is 12.4. The van der Waals surface area contributed by atoms with Crippen LogP contribution in [0.25, 0.3) is 0 Å². The lowest BCUT2D eigenvalue weighted by atomic mass is 10.1. The minimum Gasteiger partial charge on any atom is -0.479 e. The number of nitrogens with one attached hydrogen (secondary N) is 1. The van der Waals surface area contributed by atoms with Gasteiger partial charge in [0.05, 0.1) is 5.69 Å². The van der Waals surface area contributed by atoms with E-state index in [9.17, 15) is 9.59 Å². The number of anilines is 2. The van der Waals surface area contributed by atoms with Crippen molar-refractivity contribution in [2.75, 3.05) is 16.8 Å². The quantitative estimate of drug-likeness (QED) is 0.830. The van der Waals surface area contributed by atoms with E-state index in [-0.39, 0.29) is 17.6 Å². The smallest absolute Gasteiger partial charge is 0.291 e. The van der Waals surface area contributed by atoms with Crippen LogP contribution in [0.3, 0.4) is 0 Å². The van der Waals surface area contributed by atoms with E-state index >= 15 is 0 Å². The van der Waals surface area contributed by atoms with E-state index in [0.717, 1.165) is 5.69 Å². The molecule has 0 saturated heterocycles. The summed E-state index contributed by atoms with van der Waals surface area (Å²) in [5, 5.41) is 2.77. The van der Waals surface area contributed by atoms with E-state index in [0.29, 0.717) is 28.6 Å². The summed E-state index contributed by atoms with van der Waals surface area (Å²) in [6.45, 7) is 6.46. The number of benzene rings is 1. The van der Waals surface area contributed by atoms with E-state index in [4.69, 9.17) is 9.15 Å². The summed E-state index contributed by atoms with van der Waals surface area (Å²) in [6, 6.07) is 8.49. The summed E-state index contributed by atoms with van der Waals surface area (Å²) in [6.07, 6.45) is -0.557. The van der Waals surface area contributed by atoms with Gasteiger partial charge >= 0.3 is 0 Å². The first-order valence-corrected chi connectivity index (χ1v) is 8.83. The number of fused-ring (bicyclic) bond motifs is 1. The van der Waals surface area contributed by atoms with Crippen LogP contribution in [-0.2, 0) is 4.79 Å². The molecule has 1 aromatic heterocycles. The van der Waals surface area contributed by atoms with Crippen molar-refractivity contribution >= 4 is 39.1 Å². The number of nitrogens with zero attached hydrogens (tertiary/aromatic N) is 1. The second kappa shape index (κ2) is 6.92. The van der Waals surface area contributed by atoms with Gasteiger partial charge in [-0.25, -0.2) is 0 Å². The van der Waals surface area contributed by atoms with Gasteiger partial charge in [-0.05, 0) is 53.0 Å². The third-order valence-corrected chi connectivity index (χ3v) is 4.20. The number of carbonyl (C=O) groups excluding carboxylic acids is 2. The van der Waals surface area contributed by atoms with E-state index in [1.807, 2.05) is 0 Å². The van der Waals surface area contributed by atoms with Gasteiger partial charge in [-0.15, -0.1) is 0 Å². The summed E-state index contributed by atoms with van der Waals surface area (Å²) in [4.78, 5) is 26.3. The number of halogens is 1. The molecule has 1 aliphatic heterocycles. The summed E-state index contributed by atoms with van der Waals surface area (Å²) in [7, 11) is 0. The van der Waals surface area contributed by atoms with Crippen molar-refractivity contribution in [1.29, 1.82) is 0 Å². The summed E-state index contributed by atoms with van der Waals surface area (Å²) >= 11 is 3.17. The van der Waals surface area contributed by atoms with Gasteiger partial charge in [0.2, 0.25) is 0 Å². The zero-order valence-corrected chi connectivity index (χ0v) is 15.8. The Bertz CT molecular complexity index is 815. The van der Waals surface area contributed by atoms with Crippen LogP contribution in [-0.4, -0.2) is 24.5 Å². The maximum Gasteiger partial charge on any atom is 0.291 e. The fourth-order valence-electron chi connectivity index (χ4n) is 2.67. The molecule has 0 bridgehead atoms. The molecule has 0 saturated carbocycles. The predicted octanol–water partition coefficient (Wildman–Crippen LogP) is 4.06. The highest BCUT2D eigenvalue weighted by atomic mass is 79.9. The molecule has 3 rings (SSSR count). The topological polar surface area (TPSA) is 71.8 Å². The van der Waals surface area contributed by atoms with Crippen molar-refractivity contribution < 1.29 is 18.7 Å². The zero-order valence-electron chi connectivity index (χ0n) is 14.2. The number of rotatable bonds is 4. The molecule has 0 fully saturated rings. The normalized spacial score (nSPS) is 16.6. The lowest BCUT2D eigenvalue weighted by Crippen LogP contribution is -2.46. The van der Waals surface area contributed by atoms with Crippen LogP contribution in [0.15, 0.2) is 39.4 Å². The van der Waals surface area contributed by atoms with Gasteiger partial charge in [-0.1, -0.05) is 13.8 Å². The molecule has 6 nitrogen and oxygen atoms in total. The molecule has 7 heteroatoms. The minimum absolute atomic E-state index is 0.0570. The van der Waals surface area contributed by atoms with E-state index in [1.54, 1.807) is 42.2 Å². The molecule has 0 aliphatic carbocycles. The van der Waals surface area contributed by atoms with Crippen LogP contribution >= 0.6 is 15.9 Å². The highest BCUT2D eigenvalue weighted by molar-refractivity contribution is 9.10. The minimum atomic E-state index is -0.557. The molecule has 2 heterocycles. The lowest BCUT2D eigenvalue weighted by molar-refractivity contribution is -0.125. The molecule has 1 N–H and O–H groups in total. The number of furan rings is 1. The van der Waals surface area contributed by atoms with Crippen LogP contribution < -0.4 is 15.0 Å². The Morgan fingerprint density at radius 2 is 2.08 bits per heavy atom. The highest BCUT2D eigenvalue weighted by Crippen LogP contribution is 2.36. The Hall–Kier alpha value is -2.28. The molecule has 2 amide bonds. The number of carbonyl (C=O) groups is 2. The first-order chi connectivity index (χ1) is 11.8. The van der Waals surface area contributed by atoms with Crippen molar-refractivity contribution in [3.8, 4) is 5.75 Å². The Morgan fingerprint density at radius 1 is 1.32 bits per heavy atom. The van der Waals surface area contributed by atoms with Crippen molar-refractivity contribution in [2.24, 2.45) is 5.92 Å². The molecule has 0 radical (unpaired) electrons. The largest absolute Gasteiger partial charge is 0.479 e. The van der Waals surface area contributed by atoms with Gasteiger partial charge in [0.1, 0.15) is 5.75 Å². The number of hydrogen-bond acceptors (Lipinski definition) is 4. The van der Waals surface area contributed by atoms with Crippen molar-refractivity contribution in [3.05, 3.63) is 40.8 Å². The second-order valence-electron chi connectivity index (χ2n) is 6.34. The molecular formula is C18H19BrN2O4. The zero-order chi connectivity index (χ0) is 18.1. The number of amides is 2. The summed E-state index contributed by atoms with van der Waals surface area (Å²) < 4.78 is 11.4. The molecule has 1 unspecified atom stereocenters. The summed E-state index contributed by atoms with van der Waals surface area (Å²) in [5.74, 6) is 0.698. The van der Waals surface area contributed by atoms with Gasteiger partial charge < -0.3 is 19.4 Å². The van der Waals surface area contributed by atoms with Crippen molar-refractivity contribution in [3.63, 3.8) is 0 Å². The molecule has 1 atom stereocenters. The van der Waals surface area contributed by atoms with Crippen LogP contribution in [0.2, 0.25) is 0 Å². The molecule has 25 heavy (non-hydrogen) atoms.